The van der Waals surface area contributed by atoms with Crippen LogP contribution in [0, 0.1) is 6.92 Å². The molecule has 0 fully saturated rings. The molecule has 5 nitrogen and oxygen atoms in total. The molecule has 0 unspecified atom stereocenters. The van der Waals surface area contributed by atoms with E-state index < -0.39 is 5.91 Å². The highest BCUT2D eigenvalue weighted by molar-refractivity contribution is 6.35. The average molecular weight is 285 g/mol. The Kier molecular flexibility index (Phi) is 3.54. The minimum Gasteiger partial charge on any atom is -0.364 e. The molecule has 1 aromatic carbocycles. The van der Waals surface area contributed by atoms with E-state index in [2.05, 4.69) is 10.3 Å². The minimum absolute atomic E-state index is 0.167. The van der Waals surface area contributed by atoms with Crippen molar-refractivity contribution in [2.75, 3.05) is 0 Å². The Bertz CT molecular complexity index is 609. The van der Waals surface area contributed by atoms with Gasteiger partial charge < -0.3 is 5.73 Å². The van der Waals surface area contributed by atoms with Crippen molar-refractivity contribution in [3.05, 3.63) is 45.2 Å². The fourth-order valence-corrected chi connectivity index (χ4v) is 2.02. The highest BCUT2D eigenvalue weighted by Crippen LogP contribution is 2.22. The largest absolute Gasteiger partial charge is 0.364 e. The zero-order chi connectivity index (χ0) is 13.3. The molecule has 0 aliphatic rings. The first-order chi connectivity index (χ1) is 8.49. The number of nitrogens with two attached hydrogens (primary N) is 1. The van der Waals surface area contributed by atoms with Crippen LogP contribution in [-0.2, 0) is 6.54 Å². The van der Waals surface area contributed by atoms with E-state index in [0.717, 1.165) is 5.56 Å². The van der Waals surface area contributed by atoms with Crippen LogP contribution in [0.5, 0.6) is 0 Å². The zero-order valence-electron chi connectivity index (χ0n) is 9.52. The third-order valence-electron chi connectivity index (χ3n) is 2.55. The molecule has 0 saturated carbocycles. The molecule has 2 aromatic rings. The molecule has 0 aliphatic carbocycles. The predicted molar refractivity (Wildman–Crippen MR) is 68.8 cm³/mol. The Morgan fingerprint density at radius 1 is 1.44 bits per heavy atom. The van der Waals surface area contributed by atoms with Gasteiger partial charge in [0.05, 0.1) is 12.2 Å². The fraction of sp³-hybridized carbons (Fsp3) is 0.182. The second-order valence-corrected chi connectivity index (χ2v) is 4.62. The predicted octanol–water partition coefficient (Wildman–Crippen LogP) is 2.04. The van der Waals surface area contributed by atoms with Gasteiger partial charge in [-0.1, -0.05) is 34.5 Å². The van der Waals surface area contributed by atoms with Gasteiger partial charge in [-0.2, -0.15) is 0 Å². The first-order valence-electron chi connectivity index (χ1n) is 5.13. The first-order valence-corrected chi connectivity index (χ1v) is 5.88. The fourth-order valence-electron chi connectivity index (χ4n) is 1.55. The first kappa shape index (κ1) is 12.9. The molecule has 0 atom stereocenters. The van der Waals surface area contributed by atoms with Crippen molar-refractivity contribution in [3.8, 4) is 0 Å². The molecule has 0 spiro atoms. The third kappa shape index (κ3) is 2.47. The zero-order valence-corrected chi connectivity index (χ0v) is 11.0. The number of primary amides is 1. The van der Waals surface area contributed by atoms with Gasteiger partial charge in [0.2, 0.25) is 0 Å². The molecule has 94 valence electrons. The van der Waals surface area contributed by atoms with Crippen LogP contribution in [-0.4, -0.2) is 20.9 Å². The van der Waals surface area contributed by atoms with E-state index in [4.69, 9.17) is 28.9 Å². The SMILES string of the molecule is Cc1c(C(N)=O)nnn1Cc1ccc(Cl)cc1Cl. The Balaban J connectivity index is 2.32. The second kappa shape index (κ2) is 4.96. The van der Waals surface area contributed by atoms with Crippen LogP contribution in [0.2, 0.25) is 10.0 Å². The molecule has 1 amide bonds. The summed E-state index contributed by atoms with van der Waals surface area (Å²) in [6.45, 7) is 2.13. The van der Waals surface area contributed by atoms with E-state index in [9.17, 15) is 4.79 Å². The highest BCUT2D eigenvalue weighted by Gasteiger charge is 2.14. The molecule has 0 bridgehead atoms. The normalized spacial score (nSPS) is 10.6. The monoisotopic (exact) mass is 284 g/mol. The molecular formula is C11H10Cl2N4O. The quantitative estimate of drug-likeness (QED) is 0.937. The number of rotatable bonds is 3. The van der Waals surface area contributed by atoms with E-state index in [-0.39, 0.29) is 5.69 Å². The van der Waals surface area contributed by atoms with E-state index in [1.165, 1.54) is 0 Å². The van der Waals surface area contributed by atoms with Gasteiger partial charge in [0.25, 0.3) is 5.91 Å². The van der Waals surface area contributed by atoms with Crippen LogP contribution in [0.25, 0.3) is 0 Å². The van der Waals surface area contributed by atoms with Crippen LogP contribution in [0.1, 0.15) is 21.7 Å². The number of hydrogen-bond donors (Lipinski definition) is 1. The summed E-state index contributed by atoms with van der Waals surface area (Å²) in [5, 5.41) is 8.70. The van der Waals surface area contributed by atoms with E-state index in [1.807, 2.05) is 0 Å². The topological polar surface area (TPSA) is 73.8 Å². The van der Waals surface area contributed by atoms with Gasteiger partial charge in [0.15, 0.2) is 5.69 Å². The van der Waals surface area contributed by atoms with Crippen molar-refractivity contribution in [3.63, 3.8) is 0 Å². The lowest BCUT2D eigenvalue weighted by Gasteiger charge is -2.06. The molecule has 0 radical (unpaired) electrons. The maximum atomic E-state index is 11.1. The number of nitrogens with zero attached hydrogens (tertiary/aromatic N) is 3. The van der Waals surface area contributed by atoms with Gasteiger partial charge in [-0.05, 0) is 24.6 Å². The molecular weight excluding hydrogens is 275 g/mol. The van der Waals surface area contributed by atoms with Gasteiger partial charge in [-0.15, -0.1) is 5.10 Å². The van der Waals surface area contributed by atoms with Crippen LogP contribution in [0.15, 0.2) is 18.2 Å². The molecule has 1 heterocycles. The number of amides is 1. The number of hydrogen-bond acceptors (Lipinski definition) is 3. The van der Waals surface area contributed by atoms with Gasteiger partial charge in [-0.3, -0.25) is 4.79 Å². The molecule has 0 saturated heterocycles. The lowest BCUT2D eigenvalue weighted by Crippen LogP contribution is -2.13. The lowest BCUT2D eigenvalue weighted by atomic mass is 10.2. The van der Waals surface area contributed by atoms with Gasteiger partial charge in [0.1, 0.15) is 0 Å². The van der Waals surface area contributed by atoms with E-state index >= 15 is 0 Å². The molecule has 1 aromatic heterocycles. The Morgan fingerprint density at radius 2 is 2.17 bits per heavy atom. The number of halogens is 2. The van der Waals surface area contributed by atoms with Gasteiger partial charge in [-0.25, -0.2) is 4.68 Å². The number of benzene rings is 1. The minimum atomic E-state index is -0.596. The Morgan fingerprint density at radius 3 is 2.72 bits per heavy atom. The van der Waals surface area contributed by atoms with Crippen molar-refractivity contribution >= 4 is 29.1 Å². The molecule has 0 aliphatic heterocycles. The standard InChI is InChI=1S/C11H10Cl2N4O/c1-6-10(11(14)18)15-16-17(6)5-7-2-3-8(12)4-9(7)13/h2-4H,5H2,1H3,(H2,14,18). The molecule has 7 heteroatoms. The summed E-state index contributed by atoms with van der Waals surface area (Å²) >= 11 is 11.9. The van der Waals surface area contributed by atoms with Gasteiger partial charge >= 0.3 is 0 Å². The summed E-state index contributed by atoms with van der Waals surface area (Å²) in [7, 11) is 0. The highest BCUT2D eigenvalue weighted by atomic mass is 35.5. The summed E-state index contributed by atoms with van der Waals surface area (Å²) < 4.78 is 1.56. The Labute approximate surface area is 113 Å². The van der Waals surface area contributed by atoms with Gasteiger partial charge in [0, 0.05) is 10.0 Å². The Hall–Kier alpha value is -1.59. The maximum absolute atomic E-state index is 11.1. The third-order valence-corrected chi connectivity index (χ3v) is 3.14. The molecule has 18 heavy (non-hydrogen) atoms. The number of carbonyl (C=O) groups is 1. The van der Waals surface area contributed by atoms with Crippen molar-refractivity contribution in [1.82, 2.24) is 15.0 Å². The van der Waals surface area contributed by atoms with Crippen LogP contribution in [0.3, 0.4) is 0 Å². The summed E-state index contributed by atoms with van der Waals surface area (Å²) in [4.78, 5) is 11.1. The van der Waals surface area contributed by atoms with Crippen LogP contribution >= 0.6 is 23.2 Å². The number of aromatic nitrogens is 3. The summed E-state index contributed by atoms with van der Waals surface area (Å²) in [5.74, 6) is -0.596. The van der Waals surface area contributed by atoms with Crippen LogP contribution in [0.4, 0.5) is 0 Å². The molecule has 2 N–H and O–H groups in total. The summed E-state index contributed by atoms with van der Waals surface area (Å²) in [6, 6.07) is 5.19. The maximum Gasteiger partial charge on any atom is 0.271 e. The van der Waals surface area contributed by atoms with Crippen molar-refractivity contribution in [2.45, 2.75) is 13.5 Å². The van der Waals surface area contributed by atoms with Crippen LogP contribution < -0.4 is 5.73 Å². The summed E-state index contributed by atoms with van der Waals surface area (Å²) in [5.41, 5.74) is 6.78. The van der Waals surface area contributed by atoms with E-state index in [1.54, 1.807) is 29.8 Å². The second-order valence-electron chi connectivity index (χ2n) is 3.78. The summed E-state index contributed by atoms with van der Waals surface area (Å²) in [6.07, 6.45) is 0. The average Bonchev–Trinajstić information content (AvgIpc) is 2.64. The number of carbonyl (C=O) groups excluding carboxylic acids is 1. The lowest BCUT2D eigenvalue weighted by molar-refractivity contribution is 0.0995. The van der Waals surface area contributed by atoms with E-state index in [0.29, 0.717) is 22.3 Å². The smallest absolute Gasteiger partial charge is 0.271 e. The van der Waals surface area contributed by atoms with Crippen molar-refractivity contribution < 1.29 is 4.79 Å². The van der Waals surface area contributed by atoms with Crippen molar-refractivity contribution in [2.24, 2.45) is 5.73 Å². The van der Waals surface area contributed by atoms with Crippen molar-refractivity contribution in [1.29, 1.82) is 0 Å². The molecule has 2 rings (SSSR count).